The molecule has 66 valence electrons. The van der Waals surface area contributed by atoms with Crippen LogP contribution in [-0.4, -0.2) is 18.0 Å². The second-order valence-electron chi connectivity index (χ2n) is 2.04. The van der Waals surface area contributed by atoms with Gasteiger partial charge in [-0.1, -0.05) is 23.7 Å². The number of ketones is 1. The molecule has 0 amide bonds. The molecular weight excluding hydrogens is 176 g/mol. The van der Waals surface area contributed by atoms with Crippen LogP contribution in [0.2, 0.25) is 5.02 Å². The van der Waals surface area contributed by atoms with Gasteiger partial charge >= 0.3 is 0 Å². The zero-order valence-electron chi connectivity index (χ0n) is 7.04. The van der Waals surface area contributed by atoms with Crippen LogP contribution < -0.4 is 0 Å². The molecule has 2 nitrogen and oxygen atoms in total. The largest absolute Gasteiger partial charge is 0.400 e. The second kappa shape index (κ2) is 5.75. The molecule has 0 heterocycles. The number of carbonyl (C=O) groups is 1. The molecule has 0 saturated carbocycles. The summed E-state index contributed by atoms with van der Waals surface area (Å²) >= 11 is 5.70. The van der Waals surface area contributed by atoms with Crippen LogP contribution in [0.25, 0.3) is 0 Å². The Balaban J connectivity index is 0.000000561. The first-order valence-electron chi connectivity index (χ1n) is 3.42. The third-order valence-corrected chi connectivity index (χ3v) is 1.58. The van der Waals surface area contributed by atoms with E-state index in [4.69, 9.17) is 16.7 Å². The van der Waals surface area contributed by atoms with Crippen molar-refractivity contribution >= 4 is 17.4 Å². The molecule has 0 bridgehead atoms. The van der Waals surface area contributed by atoms with E-state index in [0.29, 0.717) is 10.6 Å². The number of halogens is 1. The van der Waals surface area contributed by atoms with Gasteiger partial charge in [-0.25, -0.2) is 0 Å². The van der Waals surface area contributed by atoms with Crippen molar-refractivity contribution in [3.05, 3.63) is 34.9 Å². The third kappa shape index (κ3) is 3.03. The zero-order chi connectivity index (χ0) is 9.56. The molecule has 0 aliphatic carbocycles. The first kappa shape index (κ1) is 11.1. The van der Waals surface area contributed by atoms with Gasteiger partial charge in [0.15, 0.2) is 5.78 Å². The number of hydrogen-bond donors (Lipinski definition) is 1. The SMILES string of the molecule is CC(=O)c1ccccc1Cl.CO. The third-order valence-electron chi connectivity index (χ3n) is 1.25. The van der Waals surface area contributed by atoms with Crippen LogP contribution in [0.4, 0.5) is 0 Å². The highest BCUT2D eigenvalue weighted by Gasteiger charge is 2.01. The Kier molecular flexibility index (Phi) is 5.34. The molecule has 0 aromatic heterocycles. The summed E-state index contributed by atoms with van der Waals surface area (Å²) in [6, 6.07) is 7.01. The molecule has 0 aliphatic heterocycles. The lowest BCUT2D eigenvalue weighted by Gasteiger charge is -1.95. The zero-order valence-corrected chi connectivity index (χ0v) is 7.80. The normalized spacial score (nSPS) is 8.33. The topological polar surface area (TPSA) is 37.3 Å². The number of benzene rings is 1. The summed E-state index contributed by atoms with van der Waals surface area (Å²) in [6.45, 7) is 1.50. The van der Waals surface area contributed by atoms with Crippen molar-refractivity contribution in [2.24, 2.45) is 0 Å². The fourth-order valence-corrected chi connectivity index (χ4v) is 1.02. The Morgan fingerprint density at radius 2 is 1.83 bits per heavy atom. The average molecular weight is 187 g/mol. The molecule has 1 aromatic rings. The Morgan fingerprint density at radius 3 is 2.17 bits per heavy atom. The predicted octanol–water partition coefficient (Wildman–Crippen LogP) is 2.15. The maximum Gasteiger partial charge on any atom is 0.161 e. The summed E-state index contributed by atoms with van der Waals surface area (Å²) in [5.41, 5.74) is 0.587. The molecular formula is C9H11ClO2. The average Bonchev–Trinajstić information content (AvgIpc) is 2.08. The molecule has 1 aromatic carbocycles. The summed E-state index contributed by atoms with van der Waals surface area (Å²) < 4.78 is 0. The van der Waals surface area contributed by atoms with E-state index in [1.807, 2.05) is 0 Å². The van der Waals surface area contributed by atoms with Crippen LogP contribution in [0.5, 0.6) is 0 Å². The molecule has 0 spiro atoms. The Hall–Kier alpha value is -0.860. The molecule has 0 fully saturated rings. The van der Waals surface area contributed by atoms with E-state index in [1.54, 1.807) is 24.3 Å². The lowest BCUT2D eigenvalue weighted by molar-refractivity contribution is 0.101. The molecule has 0 unspecified atom stereocenters. The van der Waals surface area contributed by atoms with Gasteiger partial charge in [-0.3, -0.25) is 4.79 Å². The smallest absolute Gasteiger partial charge is 0.161 e. The van der Waals surface area contributed by atoms with Crippen molar-refractivity contribution in [1.29, 1.82) is 0 Å². The molecule has 0 saturated heterocycles. The van der Waals surface area contributed by atoms with Crippen molar-refractivity contribution in [3.63, 3.8) is 0 Å². The fourth-order valence-electron chi connectivity index (χ4n) is 0.747. The summed E-state index contributed by atoms with van der Waals surface area (Å²) in [6.07, 6.45) is 0. The number of aliphatic hydroxyl groups excluding tert-OH is 1. The molecule has 12 heavy (non-hydrogen) atoms. The minimum Gasteiger partial charge on any atom is -0.400 e. The van der Waals surface area contributed by atoms with Crippen molar-refractivity contribution in [3.8, 4) is 0 Å². The molecule has 1 N–H and O–H groups in total. The van der Waals surface area contributed by atoms with E-state index in [2.05, 4.69) is 0 Å². The number of rotatable bonds is 1. The Labute approximate surface area is 76.8 Å². The first-order chi connectivity index (χ1) is 5.72. The maximum absolute atomic E-state index is 10.8. The van der Waals surface area contributed by atoms with Crippen LogP contribution in [0.1, 0.15) is 17.3 Å². The van der Waals surface area contributed by atoms with Gasteiger partial charge in [0.25, 0.3) is 0 Å². The minimum atomic E-state index is 0.00519. The highest BCUT2D eigenvalue weighted by Crippen LogP contribution is 2.14. The van der Waals surface area contributed by atoms with Gasteiger partial charge in [0.1, 0.15) is 0 Å². The number of aliphatic hydroxyl groups is 1. The van der Waals surface area contributed by atoms with Crippen molar-refractivity contribution < 1.29 is 9.90 Å². The lowest BCUT2D eigenvalue weighted by atomic mass is 10.1. The van der Waals surface area contributed by atoms with Gasteiger partial charge in [-0.05, 0) is 19.1 Å². The van der Waals surface area contributed by atoms with Crippen LogP contribution in [0.3, 0.4) is 0 Å². The summed E-state index contributed by atoms with van der Waals surface area (Å²) in [5, 5.41) is 7.52. The highest BCUT2D eigenvalue weighted by atomic mass is 35.5. The van der Waals surface area contributed by atoms with Crippen molar-refractivity contribution in [2.45, 2.75) is 6.92 Å². The standard InChI is InChI=1S/C8H7ClO.CH4O/c1-6(10)7-4-2-3-5-8(7)9;1-2/h2-5H,1H3;2H,1H3. The minimum absolute atomic E-state index is 0.00519. The van der Waals surface area contributed by atoms with Crippen LogP contribution in [0, 0.1) is 0 Å². The van der Waals surface area contributed by atoms with Crippen LogP contribution in [0.15, 0.2) is 24.3 Å². The van der Waals surface area contributed by atoms with Crippen LogP contribution >= 0.6 is 11.6 Å². The van der Waals surface area contributed by atoms with Gasteiger partial charge in [0, 0.05) is 12.7 Å². The maximum atomic E-state index is 10.8. The number of Topliss-reactive ketones (excluding diaryl/α,β-unsaturated/α-hetero) is 1. The summed E-state index contributed by atoms with van der Waals surface area (Å²) in [5.74, 6) is 0.00519. The van der Waals surface area contributed by atoms with Gasteiger partial charge in [-0.2, -0.15) is 0 Å². The second-order valence-corrected chi connectivity index (χ2v) is 2.44. The summed E-state index contributed by atoms with van der Waals surface area (Å²) in [4.78, 5) is 10.8. The van der Waals surface area contributed by atoms with Gasteiger partial charge in [0.2, 0.25) is 0 Å². The van der Waals surface area contributed by atoms with E-state index in [-0.39, 0.29) is 5.78 Å². The van der Waals surface area contributed by atoms with Crippen LogP contribution in [-0.2, 0) is 0 Å². The first-order valence-corrected chi connectivity index (χ1v) is 3.80. The van der Waals surface area contributed by atoms with E-state index in [1.165, 1.54) is 6.92 Å². The Morgan fingerprint density at radius 1 is 1.33 bits per heavy atom. The fraction of sp³-hybridized carbons (Fsp3) is 0.222. The monoisotopic (exact) mass is 186 g/mol. The van der Waals surface area contributed by atoms with E-state index >= 15 is 0 Å². The quantitative estimate of drug-likeness (QED) is 0.683. The van der Waals surface area contributed by atoms with Crippen molar-refractivity contribution in [1.82, 2.24) is 0 Å². The molecule has 3 heteroatoms. The van der Waals surface area contributed by atoms with E-state index < -0.39 is 0 Å². The molecule has 0 aliphatic rings. The number of hydrogen-bond acceptors (Lipinski definition) is 2. The highest BCUT2D eigenvalue weighted by molar-refractivity contribution is 6.33. The van der Waals surface area contributed by atoms with Gasteiger partial charge in [-0.15, -0.1) is 0 Å². The Bertz CT molecular complexity index is 258. The molecule has 0 radical (unpaired) electrons. The summed E-state index contributed by atoms with van der Waals surface area (Å²) in [7, 11) is 1.00. The van der Waals surface area contributed by atoms with E-state index in [0.717, 1.165) is 7.11 Å². The number of carbonyl (C=O) groups excluding carboxylic acids is 1. The van der Waals surface area contributed by atoms with Crippen molar-refractivity contribution in [2.75, 3.05) is 7.11 Å². The molecule has 1 rings (SSSR count). The predicted molar refractivity (Wildman–Crippen MR) is 49.6 cm³/mol. The lowest BCUT2D eigenvalue weighted by Crippen LogP contribution is -1.91. The molecule has 0 atom stereocenters. The van der Waals surface area contributed by atoms with Gasteiger partial charge < -0.3 is 5.11 Å². The van der Waals surface area contributed by atoms with E-state index in [9.17, 15) is 4.79 Å². The van der Waals surface area contributed by atoms with Gasteiger partial charge in [0.05, 0.1) is 5.02 Å².